The molecule has 2 saturated heterocycles. The summed E-state index contributed by atoms with van der Waals surface area (Å²) in [5.41, 5.74) is 6.37. The number of nitrogens with one attached hydrogen (secondary N) is 1. The van der Waals surface area contributed by atoms with Crippen LogP contribution < -0.4 is 15.1 Å². The SMILES string of the molecule is O=C(Nc1ccc(N2CCOCC2)cc1N1CCOCC1)c1ccc2ncsc2c1. The van der Waals surface area contributed by atoms with Gasteiger partial charge < -0.3 is 24.6 Å². The van der Waals surface area contributed by atoms with Gasteiger partial charge in [0, 0.05) is 37.4 Å². The highest BCUT2D eigenvalue weighted by Crippen LogP contribution is 2.32. The van der Waals surface area contributed by atoms with Crippen LogP contribution in [0.5, 0.6) is 0 Å². The first kappa shape index (κ1) is 19.3. The summed E-state index contributed by atoms with van der Waals surface area (Å²) in [6, 6.07) is 11.9. The molecule has 0 spiro atoms. The summed E-state index contributed by atoms with van der Waals surface area (Å²) in [7, 11) is 0. The van der Waals surface area contributed by atoms with E-state index in [1.165, 1.54) is 11.3 Å². The Labute approximate surface area is 179 Å². The van der Waals surface area contributed by atoms with Crippen molar-refractivity contribution in [3.05, 3.63) is 47.5 Å². The number of carbonyl (C=O) groups is 1. The van der Waals surface area contributed by atoms with Crippen LogP contribution in [0.3, 0.4) is 0 Å². The molecule has 2 aliphatic heterocycles. The third-order valence-electron chi connectivity index (χ3n) is 5.55. The zero-order valence-corrected chi connectivity index (χ0v) is 17.5. The highest BCUT2D eigenvalue weighted by atomic mass is 32.1. The molecular weight excluding hydrogens is 400 g/mol. The van der Waals surface area contributed by atoms with E-state index in [1.807, 2.05) is 24.3 Å². The summed E-state index contributed by atoms with van der Waals surface area (Å²) in [6.07, 6.45) is 0. The fraction of sp³-hybridized carbons (Fsp3) is 0.364. The molecule has 0 radical (unpaired) electrons. The van der Waals surface area contributed by atoms with Gasteiger partial charge in [-0.25, -0.2) is 4.98 Å². The van der Waals surface area contributed by atoms with Crippen LogP contribution in [0.4, 0.5) is 17.1 Å². The number of aromatic nitrogens is 1. The van der Waals surface area contributed by atoms with Crippen LogP contribution in [0.25, 0.3) is 10.2 Å². The van der Waals surface area contributed by atoms with Gasteiger partial charge in [-0.05, 0) is 36.4 Å². The molecule has 1 N–H and O–H groups in total. The first-order chi connectivity index (χ1) is 14.8. The number of anilines is 3. The van der Waals surface area contributed by atoms with Gasteiger partial charge >= 0.3 is 0 Å². The number of hydrogen-bond donors (Lipinski definition) is 1. The van der Waals surface area contributed by atoms with Crippen LogP contribution in [-0.4, -0.2) is 63.5 Å². The zero-order valence-electron chi connectivity index (χ0n) is 16.7. The predicted molar refractivity (Wildman–Crippen MR) is 120 cm³/mol. The van der Waals surface area contributed by atoms with E-state index in [2.05, 4.69) is 32.2 Å². The molecule has 0 aliphatic carbocycles. The third kappa shape index (κ3) is 3.98. The van der Waals surface area contributed by atoms with Gasteiger partial charge in [0.15, 0.2) is 0 Å². The Bertz CT molecular complexity index is 1040. The topological polar surface area (TPSA) is 66.9 Å². The molecule has 1 aromatic heterocycles. The Kier molecular flexibility index (Phi) is 5.52. The van der Waals surface area contributed by atoms with Crippen LogP contribution in [0.2, 0.25) is 0 Å². The lowest BCUT2D eigenvalue weighted by molar-refractivity contribution is 0.102. The standard InChI is InChI=1S/C22H24N4O3S/c27-22(16-1-3-19-21(13-16)30-15-23-19)24-18-4-2-17(25-5-9-28-10-6-25)14-20(18)26-7-11-29-12-8-26/h1-4,13-15H,5-12H2,(H,24,27). The van der Waals surface area contributed by atoms with Gasteiger partial charge in [0.25, 0.3) is 5.91 Å². The van der Waals surface area contributed by atoms with E-state index in [9.17, 15) is 4.79 Å². The lowest BCUT2D eigenvalue weighted by Gasteiger charge is -2.33. The average molecular weight is 425 g/mol. The van der Waals surface area contributed by atoms with E-state index in [0.29, 0.717) is 18.8 Å². The number of ether oxygens (including phenoxy) is 2. The second-order valence-corrected chi connectivity index (χ2v) is 8.28. The van der Waals surface area contributed by atoms with Gasteiger partial charge in [-0.3, -0.25) is 4.79 Å². The average Bonchev–Trinajstić information content (AvgIpc) is 3.28. The second kappa shape index (κ2) is 8.59. The normalized spacial score (nSPS) is 17.3. The van der Waals surface area contributed by atoms with Crippen molar-refractivity contribution in [2.24, 2.45) is 0 Å². The van der Waals surface area contributed by atoms with Crippen LogP contribution in [-0.2, 0) is 9.47 Å². The van der Waals surface area contributed by atoms with Crippen molar-refractivity contribution >= 4 is 44.5 Å². The molecule has 8 heteroatoms. The largest absolute Gasteiger partial charge is 0.378 e. The van der Waals surface area contributed by atoms with Crippen molar-refractivity contribution in [1.82, 2.24) is 4.98 Å². The first-order valence-electron chi connectivity index (χ1n) is 10.2. The number of nitrogens with zero attached hydrogens (tertiary/aromatic N) is 3. The summed E-state index contributed by atoms with van der Waals surface area (Å²) in [4.78, 5) is 21.9. The van der Waals surface area contributed by atoms with Crippen molar-refractivity contribution in [2.75, 3.05) is 67.7 Å². The number of thiazole rings is 1. The number of fused-ring (bicyclic) bond motifs is 1. The Morgan fingerprint density at radius 1 is 0.933 bits per heavy atom. The fourth-order valence-electron chi connectivity index (χ4n) is 3.90. The second-order valence-electron chi connectivity index (χ2n) is 7.39. The van der Waals surface area contributed by atoms with Crippen molar-refractivity contribution in [2.45, 2.75) is 0 Å². The summed E-state index contributed by atoms with van der Waals surface area (Å²) in [5.74, 6) is -0.112. The van der Waals surface area contributed by atoms with E-state index in [4.69, 9.17) is 9.47 Å². The molecule has 1 amide bonds. The number of amides is 1. The lowest BCUT2D eigenvalue weighted by atomic mass is 10.1. The number of hydrogen-bond acceptors (Lipinski definition) is 7. The molecule has 0 bridgehead atoms. The number of rotatable bonds is 4. The van der Waals surface area contributed by atoms with Gasteiger partial charge in [-0.1, -0.05) is 0 Å². The molecule has 7 nitrogen and oxygen atoms in total. The fourth-order valence-corrected chi connectivity index (χ4v) is 4.62. The maximum atomic E-state index is 13.0. The van der Waals surface area contributed by atoms with Crippen LogP contribution in [0.1, 0.15) is 10.4 Å². The van der Waals surface area contributed by atoms with Gasteiger partial charge in [-0.2, -0.15) is 0 Å². The number of morpholine rings is 2. The van der Waals surface area contributed by atoms with Gasteiger partial charge in [-0.15, -0.1) is 11.3 Å². The summed E-state index contributed by atoms with van der Waals surface area (Å²) >= 11 is 1.54. The maximum Gasteiger partial charge on any atom is 0.255 e. The molecule has 2 aliphatic rings. The van der Waals surface area contributed by atoms with E-state index in [-0.39, 0.29) is 5.91 Å². The van der Waals surface area contributed by atoms with Gasteiger partial charge in [0.05, 0.1) is 53.5 Å². The van der Waals surface area contributed by atoms with Crippen molar-refractivity contribution in [3.8, 4) is 0 Å². The van der Waals surface area contributed by atoms with Crippen molar-refractivity contribution in [3.63, 3.8) is 0 Å². The molecule has 0 saturated carbocycles. The Balaban J connectivity index is 1.43. The lowest BCUT2D eigenvalue weighted by Crippen LogP contribution is -2.38. The van der Waals surface area contributed by atoms with Gasteiger partial charge in [0.2, 0.25) is 0 Å². The van der Waals surface area contributed by atoms with E-state index >= 15 is 0 Å². The third-order valence-corrected chi connectivity index (χ3v) is 6.34. The van der Waals surface area contributed by atoms with Gasteiger partial charge in [0.1, 0.15) is 0 Å². The molecule has 3 heterocycles. The van der Waals surface area contributed by atoms with E-state index in [1.54, 1.807) is 5.51 Å². The maximum absolute atomic E-state index is 13.0. The van der Waals surface area contributed by atoms with Crippen molar-refractivity contribution in [1.29, 1.82) is 0 Å². The summed E-state index contributed by atoms with van der Waals surface area (Å²) < 4.78 is 12.0. The molecular formula is C22H24N4O3S. The molecule has 2 fully saturated rings. The first-order valence-corrected chi connectivity index (χ1v) is 11.1. The van der Waals surface area contributed by atoms with E-state index in [0.717, 1.165) is 66.7 Å². The zero-order chi connectivity index (χ0) is 20.3. The molecule has 30 heavy (non-hydrogen) atoms. The minimum Gasteiger partial charge on any atom is -0.378 e. The van der Waals surface area contributed by atoms with Crippen LogP contribution in [0.15, 0.2) is 41.9 Å². The number of benzene rings is 2. The summed E-state index contributed by atoms with van der Waals surface area (Å²) in [6.45, 7) is 6.24. The molecule has 5 rings (SSSR count). The van der Waals surface area contributed by atoms with Crippen LogP contribution in [0, 0.1) is 0 Å². The molecule has 156 valence electrons. The highest BCUT2D eigenvalue weighted by Gasteiger charge is 2.20. The smallest absolute Gasteiger partial charge is 0.255 e. The molecule has 0 unspecified atom stereocenters. The number of carbonyl (C=O) groups excluding carboxylic acids is 1. The van der Waals surface area contributed by atoms with E-state index < -0.39 is 0 Å². The van der Waals surface area contributed by atoms with Crippen LogP contribution >= 0.6 is 11.3 Å². The Hall–Kier alpha value is -2.68. The molecule has 0 atom stereocenters. The molecule has 3 aromatic rings. The minimum atomic E-state index is -0.112. The predicted octanol–water partition coefficient (Wildman–Crippen LogP) is 3.22. The minimum absolute atomic E-state index is 0.112. The Morgan fingerprint density at radius 3 is 2.43 bits per heavy atom. The Morgan fingerprint density at radius 2 is 1.67 bits per heavy atom. The monoisotopic (exact) mass is 424 g/mol. The van der Waals surface area contributed by atoms with Crippen molar-refractivity contribution < 1.29 is 14.3 Å². The quantitative estimate of drug-likeness (QED) is 0.694. The highest BCUT2D eigenvalue weighted by molar-refractivity contribution is 7.16. The molecule has 2 aromatic carbocycles. The summed E-state index contributed by atoms with van der Waals surface area (Å²) in [5, 5.41) is 3.13.